The van der Waals surface area contributed by atoms with Crippen LogP contribution in [0.15, 0.2) is 82.2 Å². The Kier molecular flexibility index (Phi) is 7.25. The summed E-state index contributed by atoms with van der Waals surface area (Å²) < 4.78 is 0.964. The van der Waals surface area contributed by atoms with Crippen LogP contribution in [0.1, 0.15) is 15.9 Å². The van der Waals surface area contributed by atoms with Crippen LogP contribution in [0.3, 0.4) is 0 Å². The predicted molar refractivity (Wildman–Crippen MR) is 127 cm³/mol. The standard InChI is InChI=1S/C22H19BrN2OS2/c1-15-5-11-18(12-6-15)24-22(27)25-19-3-2-4-20(13-19)28-14-21(26)16-7-9-17(23)10-8-16/h2-13H,14H2,1H3,(H2,24,25,27). The van der Waals surface area contributed by atoms with Crippen LogP contribution in [-0.2, 0) is 0 Å². The fourth-order valence-corrected chi connectivity index (χ4v) is 3.81. The highest BCUT2D eigenvalue weighted by atomic mass is 79.9. The Hall–Kier alpha value is -2.15. The van der Waals surface area contributed by atoms with Gasteiger partial charge in [-0.25, -0.2) is 0 Å². The normalized spacial score (nSPS) is 10.4. The van der Waals surface area contributed by atoms with Crippen molar-refractivity contribution >= 4 is 62.2 Å². The molecule has 28 heavy (non-hydrogen) atoms. The van der Waals surface area contributed by atoms with Crippen molar-refractivity contribution in [3.05, 3.63) is 88.4 Å². The third-order valence-corrected chi connectivity index (χ3v) is 5.66. The van der Waals surface area contributed by atoms with Crippen LogP contribution in [0.4, 0.5) is 11.4 Å². The minimum Gasteiger partial charge on any atom is -0.332 e. The zero-order valence-electron chi connectivity index (χ0n) is 15.2. The fourth-order valence-electron chi connectivity index (χ4n) is 2.46. The van der Waals surface area contributed by atoms with Gasteiger partial charge in [-0.2, -0.15) is 0 Å². The average molecular weight is 471 g/mol. The smallest absolute Gasteiger partial charge is 0.175 e. The van der Waals surface area contributed by atoms with Crippen LogP contribution in [0, 0.1) is 6.92 Å². The van der Waals surface area contributed by atoms with Gasteiger partial charge in [0, 0.05) is 26.3 Å². The second-order valence-electron chi connectivity index (χ2n) is 6.19. The van der Waals surface area contributed by atoms with E-state index < -0.39 is 0 Å². The molecule has 0 heterocycles. The van der Waals surface area contributed by atoms with Crippen LogP contribution < -0.4 is 10.6 Å². The number of halogens is 1. The minimum absolute atomic E-state index is 0.104. The van der Waals surface area contributed by atoms with Crippen LogP contribution >= 0.6 is 39.9 Å². The van der Waals surface area contributed by atoms with E-state index in [1.54, 1.807) is 0 Å². The van der Waals surface area contributed by atoms with E-state index in [2.05, 4.69) is 26.6 Å². The van der Waals surface area contributed by atoms with Gasteiger partial charge in [-0.15, -0.1) is 11.8 Å². The molecule has 0 amide bonds. The number of benzene rings is 3. The molecule has 3 nitrogen and oxygen atoms in total. The summed E-state index contributed by atoms with van der Waals surface area (Å²) in [6.45, 7) is 2.05. The van der Waals surface area contributed by atoms with Crippen LogP contribution in [-0.4, -0.2) is 16.6 Å². The molecule has 3 aromatic carbocycles. The number of aryl methyl sites for hydroxylation is 1. The number of carbonyl (C=O) groups excluding carboxylic acids is 1. The van der Waals surface area contributed by atoms with Gasteiger partial charge < -0.3 is 10.6 Å². The van der Waals surface area contributed by atoms with E-state index in [0.29, 0.717) is 16.4 Å². The summed E-state index contributed by atoms with van der Waals surface area (Å²) >= 11 is 10.3. The molecule has 0 saturated heterocycles. The highest BCUT2D eigenvalue weighted by Crippen LogP contribution is 2.23. The number of nitrogens with one attached hydrogen (secondary N) is 2. The lowest BCUT2D eigenvalue weighted by molar-refractivity contribution is 0.102. The maximum Gasteiger partial charge on any atom is 0.175 e. The Bertz CT molecular complexity index is 973. The molecule has 0 aliphatic rings. The summed E-state index contributed by atoms with van der Waals surface area (Å²) in [5, 5.41) is 6.88. The van der Waals surface area contributed by atoms with Gasteiger partial charge in [0.05, 0.1) is 5.75 Å². The maximum absolute atomic E-state index is 12.3. The van der Waals surface area contributed by atoms with Crippen molar-refractivity contribution in [2.24, 2.45) is 0 Å². The Morgan fingerprint density at radius 1 is 0.964 bits per heavy atom. The minimum atomic E-state index is 0.104. The topological polar surface area (TPSA) is 41.1 Å². The fraction of sp³-hybridized carbons (Fsp3) is 0.0909. The molecule has 3 aromatic rings. The Balaban J connectivity index is 1.55. The van der Waals surface area contributed by atoms with Crippen molar-refractivity contribution in [1.29, 1.82) is 0 Å². The van der Waals surface area contributed by atoms with Crippen LogP contribution in [0.2, 0.25) is 0 Å². The van der Waals surface area contributed by atoms with Gasteiger partial charge >= 0.3 is 0 Å². The van der Waals surface area contributed by atoms with Crippen molar-refractivity contribution in [3.8, 4) is 0 Å². The van der Waals surface area contributed by atoms with Crippen molar-refractivity contribution in [2.75, 3.05) is 16.4 Å². The van der Waals surface area contributed by atoms with E-state index in [1.165, 1.54) is 17.3 Å². The van der Waals surface area contributed by atoms with Crippen molar-refractivity contribution in [3.63, 3.8) is 0 Å². The summed E-state index contributed by atoms with van der Waals surface area (Å²) in [4.78, 5) is 13.3. The molecule has 6 heteroatoms. The van der Waals surface area contributed by atoms with Gasteiger partial charge in [-0.1, -0.05) is 51.8 Å². The van der Waals surface area contributed by atoms with Crippen LogP contribution in [0.5, 0.6) is 0 Å². The Morgan fingerprint density at radius 3 is 2.36 bits per heavy atom. The number of Topliss-reactive ketones (excluding diaryl/α,β-unsaturated/α-hetero) is 1. The third-order valence-electron chi connectivity index (χ3n) is 3.94. The number of anilines is 2. The molecule has 2 N–H and O–H groups in total. The van der Waals surface area contributed by atoms with Gasteiger partial charge in [-0.05, 0) is 61.6 Å². The first-order valence-corrected chi connectivity index (χ1v) is 10.8. The first-order chi connectivity index (χ1) is 13.5. The molecule has 0 bridgehead atoms. The second kappa shape index (κ2) is 9.87. The first-order valence-electron chi connectivity index (χ1n) is 8.66. The molecule has 0 spiro atoms. The second-order valence-corrected chi connectivity index (χ2v) is 8.56. The molecule has 3 rings (SSSR count). The number of ketones is 1. The zero-order valence-corrected chi connectivity index (χ0v) is 18.5. The summed E-state index contributed by atoms with van der Waals surface area (Å²) in [6, 6.07) is 23.3. The number of hydrogen-bond donors (Lipinski definition) is 2. The van der Waals surface area contributed by atoms with Gasteiger partial charge in [0.1, 0.15) is 0 Å². The Labute approximate surface area is 183 Å². The molecule has 142 valence electrons. The Morgan fingerprint density at radius 2 is 1.64 bits per heavy atom. The summed E-state index contributed by atoms with van der Waals surface area (Å²) in [7, 11) is 0. The lowest BCUT2D eigenvalue weighted by Gasteiger charge is -2.11. The van der Waals surface area contributed by atoms with Gasteiger partial charge in [-0.3, -0.25) is 4.79 Å². The number of rotatable bonds is 6. The third kappa shape index (κ3) is 6.19. The average Bonchev–Trinajstić information content (AvgIpc) is 2.69. The quantitative estimate of drug-likeness (QED) is 0.243. The SMILES string of the molecule is Cc1ccc(NC(=S)Nc2cccc(SCC(=O)c3ccc(Br)cc3)c2)cc1. The lowest BCUT2D eigenvalue weighted by Crippen LogP contribution is -2.18. The van der Waals surface area contributed by atoms with Crippen molar-refractivity contribution in [2.45, 2.75) is 11.8 Å². The molecule has 0 aliphatic heterocycles. The largest absolute Gasteiger partial charge is 0.332 e. The number of hydrogen-bond acceptors (Lipinski definition) is 3. The number of thiocarbonyl (C=S) groups is 1. The van der Waals surface area contributed by atoms with E-state index in [4.69, 9.17) is 12.2 Å². The molecule has 0 saturated carbocycles. The summed E-state index contributed by atoms with van der Waals surface area (Å²) in [6.07, 6.45) is 0. The van der Waals surface area contributed by atoms with Crippen molar-refractivity contribution < 1.29 is 4.79 Å². The van der Waals surface area contributed by atoms with Crippen LogP contribution in [0.25, 0.3) is 0 Å². The zero-order chi connectivity index (χ0) is 19.9. The summed E-state index contributed by atoms with van der Waals surface area (Å²) in [5.74, 6) is 0.490. The number of carbonyl (C=O) groups is 1. The molecular formula is C22H19BrN2OS2. The molecule has 0 aliphatic carbocycles. The highest BCUT2D eigenvalue weighted by molar-refractivity contribution is 9.10. The maximum atomic E-state index is 12.3. The van der Waals surface area contributed by atoms with E-state index in [1.807, 2.05) is 79.7 Å². The molecule has 0 unspecified atom stereocenters. The van der Waals surface area contributed by atoms with Crippen molar-refractivity contribution in [1.82, 2.24) is 0 Å². The monoisotopic (exact) mass is 470 g/mol. The molecule has 0 atom stereocenters. The molecule has 0 fully saturated rings. The first kappa shape index (κ1) is 20.6. The molecule has 0 aromatic heterocycles. The lowest BCUT2D eigenvalue weighted by atomic mass is 10.2. The highest BCUT2D eigenvalue weighted by Gasteiger charge is 2.07. The van der Waals surface area contributed by atoms with E-state index in [-0.39, 0.29) is 5.78 Å². The number of thioether (sulfide) groups is 1. The molecule has 0 radical (unpaired) electrons. The predicted octanol–water partition coefficient (Wildman–Crippen LogP) is 6.54. The summed E-state index contributed by atoms with van der Waals surface area (Å²) in [5.41, 5.74) is 3.74. The van der Waals surface area contributed by atoms with Gasteiger partial charge in [0.2, 0.25) is 0 Å². The van der Waals surface area contributed by atoms with E-state index in [0.717, 1.165) is 20.7 Å². The van der Waals surface area contributed by atoms with Gasteiger partial charge in [0.15, 0.2) is 10.9 Å². The van der Waals surface area contributed by atoms with E-state index >= 15 is 0 Å². The van der Waals surface area contributed by atoms with Gasteiger partial charge in [0.25, 0.3) is 0 Å². The van der Waals surface area contributed by atoms with E-state index in [9.17, 15) is 4.79 Å². The molecular weight excluding hydrogens is 452 g/mol.